The van der Waals surface area contributed by atoms with Gasteiger partial charge in [0.2, 0.25) is 0 Å². The topological polar surface area (TPSA) is 83.1 Å². The number of hydrogen-bond acceptors (Lipinski definition) is 4. The van der Waals surface area contributed by atoms with E-state index in [1.807, 2.05) is 61.5 Å². The number of carbonyl (C=O) groups is 2. The number of fused-ring (bicyclic) bond motifs is 1. The third-order valence-electron chi connectivity index (χ3n) is 5.94. The quantitative estimate of drug-likeness (QED) is 0.196. The number of nitrogens with one attached hydrogen (secondary N) is 3. The van der Waals surface area contributed by atoms with Gasteiger partial charge >= 0.3 is 6.03 Å². The lowest BCUT2D eigenvalue weighted by atomic mass is 9.99. The molecule has 0 saturated carbocycles. The number of aromatic nitrogens is 1. The maximum atomic E-state index is 13.0. The molecule has 0 saturated heterocycles. The Hall–Kier alpha value is -3.91. The Kier molecular flexibility index (Phi) is 7.60. The summed E-state index contributed by atoms with van der Waals surface area (Å²) in [5.74, 6) is -0.280. The number of para-hydroxylation sites is 1. The van der Waals surface area contributed by atoms with Crippen molar-refractivity contribution >= 4 is 67.5 Å². The molecular weight excluding hydrogens is 539 g/mol. The van der Waals surface area contributed by atoms with Crippen molar-refractivity contribution in [2.75, 3.05) is 10.6 Å². The molecule has 5 rings (SSSR count). The Balaban J connectivity index is 1.32. The Morgan fingerprint density at radius 3 is 2.32 bits per heavy atom. The van der Waals surface area contributed by atoms with Gasteiger partial charge in [-0.25, -0.2) is 9.78 Å². The van der Waals surface area contributed by atoms with Gasteiger partial charge in [0.1, 0.15) is 0 Å². The molecule has 0 aliphatic heterocycles. The van der Waals surface area contributed by atoms with Crippen molar-refractivity contribution < 1.29 is 9.59 Å². The molecule has 9 heteroatoms. The smallest absolute Gasteiger partial charge is 0.321 e. The number of hydrogen-bond donors (Lipinski definition) is 3. The van der Waals surface area contributed by atoms with Crippen LogP contribution in [0.4, 0.5) is 15.6 Å². The average molecular weight is 561 g/mol. The molecule has 1 atom stereocenters. The number of thiazole rings is 1. The maximum absolute atomic E-state index is 13.0. The van der Waals surface area contributed by atoms with Gasteiger partial charge in [0, 0.05) is 10.6 Å². The van der Waals surface area contributed by atoms with E-state index in [2.05, 4.69) is 20.9 Å². The Bertz CT molecular complexity index is 1600. The van der Waals surface area contributed by atoms with Crippen LogP contribution in [0, 0.1) is 6.92 Å². The van der Waals surface area contributed by atoms with E-state index in [9.17, 15) is 9.59 Å². The highest BCUT2D eigenvalue weighted by Gasteiger charge is 2.18. The number of anilines is 2. The number of amides is 3. The zero-order valence-corrected chi connectivity index (χ0v) is 22.5. The molecule has 0 radical (unpaired) electrons. The van der Waals surface area contributed by atoms with E-state index >= 15 is 0 Å². The summed E-state index contributed by atoms with van der Waals surface area (Å²) in [7, 11) is 0. The molecule has 5 aromatic rings. The lowest BCUT2D eigenvalue weighted by Crippen LogP contribution is -2.33. The highest BCUT2D eigenvalue weighted by molar-refractivity contribution is 7.22. The molecule has 1 heterocycles. The minimum absolute atomic E-state index is 0.280. The van der Waals surface area contributed by atoms with E-state index in [1.54, 1.807) is 36.4 Å². The van der Waals surface area contributed by atoms with Gasteiger partial charge in [-0.1, -0.05) is 89.1 Å². The van der Waals surface area contributed by atoms with E-state index in [0.717, 1.165) is 21.4 Å². The number of carbonyl (C=O) groups excluding carboxylic acids is 2. The van der Waals surface area contributed by atoms with Crippen molar-refractivity contribution in [3.05, 3.63) is 123 Å². The zero-order chi connectivity index (χ0) is 26.6. The van der Waals surface area contributed by atoms with Crippen LogP contribution in [-0.4, -0.2) is 16.9 Å². The molecule has 0 spiro atoms. The third-order valence-corrected chi connectivity index (χ3v) is 7.44. The first kappa shape index (κ1) is 25.7. The number of nitrogens with zero attached hydrogens (tertiary/aromatic N) is 1. The van der Waals surface area contributed by atoms with Crippen LogP contribution in [0.25, 0.3) is 10.2 Å². The van der Waals surface area contributed by atoms with Crippen molar-refractivity contribution in [1.82, 2.24) is 10.3 Å². The molecule has 1 aromatic heterocycles. The molecule has 1 unspecified atom stereocenters. The molecule has 0 fully saturated rings. The van der Waals surface area contributed by atoms with Gasteiger partial charge < -0.3 is 10.6 Å². The van der Waals surface area contributed by atoms with E-state index < -0.39 is 6.03 Å². The minimum Gasteiger partial charge on any atom is -0.327 e. The molecule has 0 aliphatic rings. The lowest BCUT2D eigenvalue weighted by Gasteiger charge is -2.20. The lowest BCUT2D eigenvalue weighted by molar-refractivity contribution is 0.102. The first-order chi connectivity index (χ1) is 18.4. The highest BCUT2D eigenvalue weighted by atomic mass is 35.5. The maximum Gasteiger partial charge on any atom is 0.321 e. The molecule has 3 amide bonds. The molecule has 0 bridgehead atoms. The fourth-order valence-corrected chi connectivity index (χ4v) is 5.31. The second-order valence-corrected chi connectivity index (χ2v) is 10.5. The van der Waals surface area contributed by atoms with Gasteiger partial charge in [-0.15, -0.1) is 0 Å². The summed E-state index contributed by atoms with van der Waals surface area (Å²) in [5, 5.41) is 10.2. The van der Waals surface area contributed by atoms with Crippen molar-refractivity contribution in [2.24, 2.45) is 0 Å². The van der Waals surface area contributed by atoms with Crippen LogP contribution in [0.15, 0.2) is 91.0 Å². The Morgan fingerprint density at radius 1 is 0.842 bits per heavy atom. The van der Waals surface area contributed by atoms with E-state index in [-0.39, 0.29) is 11.9 Å². The van der Waals surface area contributed by atoms with Crippen LogP contribution in [0.3, 0.4) is 0 Å². The molecule has 38 heavy (non-hydrogen) atoms. The van der Waals surface area contributed by atoms with Gasteiger partial charge in [-0.2, -0.15) is 0 Å². The molecule has 3 N–H and O–H groups in total. The third kappa shape index (κ3) is 5.81. The first-order valence-electron chi connectivity index (χ1n) is 11.7. The first-order valence-corrected chi connectivity index (χ1v) is 13.3. The summed E-state index contributed by atoms with van der Waals surface area (Å²) in [4.78, 5) is 30.4. The SMILES string of the molecule is Cc1cccc(Cl)c1NC(=O)c1ccc2nc(NC(=O)NC(c3ccccc3)c3ccc(Cl)cc3)sc2c1. The van der Waals surface area contributed by atoms with Crippen LogP contribution in [0.2, 0.25) is 10.0 Å². The fourth-order valence-electron chi connectivity index (χ4n) is 4.02. The zero-order valence-electron chi connectivity index (χ0n) is 20.2. The van der Waals surface area contributed by atoms with E-state index in [0.29, 0.717) is 31.9 Å². The van der Waals surface area contributed by atoms with Crippen molar-refractivity contribution in [1.29, 1.82) is 0 Å². The van der Waals surface area contributed by atoms with Crippen LogP contribution < -0.4 is 16.0 Å². The average Bonchev–Trinajstić information content (AvgIpc) is 3.32. The van der Waals surface area contributed by atoms with Gasteiger partial charge in [-0.05, 0) is 60.0 Å². The summed E-state index contributed by atoms with van der Waals surface area (Å²) in [6, 6.07) is 26.9. The molecule has 4 aromatic carbocycles. The Labute approximate surface area is 233 Å². The second-order valence-electron chi connectivity index (χ2n) is 8.58. The number of benzene rings is 4. The van der Waals surface area contributed by atoms with Crippen LogP contribution in [0.5, 0.6) is 0 Å². The number of aryl methyl sites for hydroxylation is 1. The Morgan fingerprint density at radius 2 is 1.58 bits per heavy atom. The highest BCUT2D eigenvalue weighted by Crippen LogP contribution is 2.30. The van der Waals surface area contributed by atoms with Gasteiger partial charge in [0.05, 0.1) is 27.0 Å². The van der Waals surface area contributed by atoms with Crippen LogP contribution in [-0.2, 0) is 0 Å². The van der Waals surface area contributed by atoms with Crippen LogP contribution in [0.1, 0.15) is 33.1 Å². The fraction of sp³-hybridized carbons (Fsp3) is 0.0690. The number of rotatable bonds is 6. The summed E-state index contributed by atoms with van der Waals surface area (Å²) >= 11 is 13.6. The van der Waals surface area contributed by atoms with Gasteiger partial charge in [0.15, 0.2) is 5.13 Å². The van der Waals surface area contributed by atoms with E-state index in [4.69, 9.17) is 23.2 Å². The predicted molar refractivity (Wildman–Crippen MR) is 156 cm³/mol. The summed E-state index contributed by atoms with van der Waals surface area (Å²) < 4.78 is 0.765. The summed E-state index contributed by atoms with van der Waals surface area (Å²) in [5.41, 5.74) is 4.41. The number of halogens is 2. The molecule has 6 nitrogen and oxygen atoms in total. The summed E-state index contributed by atoms with van der Waals surface area (Å²) in [6.07, 6.45) is 0. The predicted octanol–water partition coefficient (Wildman–Crippen LogP) is 8.07. The molecular formula is C29H22Cl2N4O2S. The van der Waals surface area contributed by atoms with E-state index in [1.165, 1.54) is 11.3 Å². The van der Waals surface area contributed by atoms with Gasteiger partial charge in [0.25, 0.3) is 5.91 Å². The van der Waals surface area contributed by atoms with Crippen molar-refractivity contribution in [3.8, 4) is 0 Å². The number of urea groups is 1. The second kappa shape index (κ2) is 11.2. The molecule has 0 aliphatic carbocycles. The molecule has 190 valence electrons. The monoisotopic (exact) mass is 560 g/mol. The van der Waals surface area contributed by atoms with Crippen molar-refractivity contribution in [3.63, 3.8) is 0 Å². The largest absolute Gasteiger partial charge is 0.327 e. The van der Waals surface area contributed by atoms with Crippen LogP contribution >= 0.6 is 34.5 Å². The van der Waals surface area contributed by atoms with Crippen molar-refractivity contribution in [2.45, 2.75) is 13.0 Å². The summed E-state index contributed by atoms with van der Waals surface area (Å²) in [6.45, 7) is 1.88. The van der Waals surface area contributed by atoms with Gasteiger partial charge in [-0.3, -0.25) is 10.1 Å². The normalized spacial score (nSPS) is 11.7. The standard InChI is InChI=1S/C29H22Cl2N4O2S/c1-17-6-5-9-22(31)25(17)33-27(36)20-12-15-23-24(16-20)38-29(32-23)35-28(37)34-26(18-7-3-2-4-8-18)19-10-13-21(30)14-11-19/h2-16,26H,1H3,(H,33,36)(H2,32,34,35,37). The minimum atomic E-state index is -0.403.